The standard InChI is InChI=1S/C18H20N4O/c1-12-11-13(4-5-15(12)19)22-9-6-18(7-10-22)14-3-2-8-20-16(14)21-17(18)23/h2-5,8,11H,6-7,9-10,19H2,1H3,(H,20,21,23). The molecule has 0 unspecified atom stereocenters. The summed E-state index contributed by atoms with van der Waals surface area (Å²) in [7, 11) is 0. The van der Waals surface area contributed by atoms with Crippen molar-refractivity contribution < 1.29 is 4.79 Å². The second-order valence-electron chi connectivity index (χ2n) is 6.46. The van der Waals surface area contributed by atoms with Gasteiger partial charge in [-0.1, -0.05) is 6.07 Å². The van der Waals surface area contributed by atoms with Crippen LogP contribution in [0, 0.1) is 6.92 Å². The zero-order valence-corrected chi connectivity index (χ0v) is 13.2. The molecule has 23 heavy (non-hydrogen) atoms. The van der Waals surface area contributed by atoms with Gasteiger partial charge in [0.15, 0.2) is 0 Å². The molecule has 0 aliphatic carbocycles. The summed E-state index contributed by atoms with van der Waals surface area (Å²) in [6.45, 7) is 3.73. The summed E-state index contributed by atoms with van der Waals surface area (Å²) in [5.74, 6) is 0.827. The summed E-state index contributed by atoms with van der Waals surface area (Å²) in [6, 6.07) is 10.1. The second-order valence-corrected chi connectivity index (χ2v) is 6.46. The van der Waals surface area contributed by atoms with Crippen molar-refractivity contribution in [3.8, 4) is 0 Å². The molecule has 0 saturated carbocycles. The SMILES string of the molecule is Cc1cc(N2CCC3(CC2)C(=O)Nc2ncccc23)ccc1N. The number of nitrogens with zero attached hydrogens (tertiary/aromatic N) is 2. The lowest BCUT2D eigenvalue weighted by molar-refractivity contribution is -0.121. The Bertz CT molecular complexity index is 778. The largest absolute Gasteiger partial charge is 0.399 e. The normalized spacial score (nSPS) is 18.8. The van der Waals surface area contributed by atoms with E-state index >= 15 is 0 Å². The molecular formula is C18H20N4O. The Balaban J connectivity index is 1.59. The van der Waals surface area contributed by atoms with Crippen LogP contribution in [0.15, 0.2) is 36.5 Å². The fourth-order valence-corrected chi connectivity index (χ4v) is 3.74. The van der Waals surface area contributed by atoms with E-state index in [1.54, 1.807) is 6.20 Å². The maximum atomic E-state index is 12.6. The highest BCUT2D eigenvalue weighted by Crippen LogP contribution is 2.44. The number of rotatable bonds is 1. The molecule has 3 heterocycles. The molecule has 1 aromatic carbocycles. The molecule has 0 radical (unpaired) electrons. The van der Waals surface area contributed by atoms with E-state index in [2.05, 4.69) is 27.3 Å². The fourth-order valence-electron chi connectivity index (χ4n) is 3.74. The van der Waals surface area contributed by atoms with Crippen molar-refractivity contribution in [1.82, 2.24) is 4.98 Å². The number of carbonyl (C=O) groups excluding carboxylic acids is 1. The minimum atomic E-state index is -0.414. The first kappa shape index (κ1) is 14.1. The molecule has 0 bridgehead atoms. The zero-order valence-electron chi connectivity index (χ0n) is 13.2. The molecule has 1 saturated heterocycles. The van der Waals surface area contributed by atoms with Gasteiger partial charge in [0.25, 0.3) is 0 Å². The van der Waals surface area contributed by atoms with Gasteiger partial charge < -0.3 is 16.0 Å². The molecule has 2 aliphatic heterocycles. The van der Waals surface area contributed by atoms with Crippen LogP contribution in [0.4, 0.5) is 17.2 Å². The number of nitrogens with one attached hydrogen (secondary N) is 1. The highest BCUT2D eigenvalue weighted by molar-refractivity contribution is 6.05. The van der Waals surface area contributed by atoms with Crippen molar-refractivity contribution >= 4 is 23.1 Å². The predicted octanol–water partition coefficient (Wildman–Crippen LogP) is 2.46. The zero-order chi connectivity index (χ0) is 16.0. The lowest BCUT2D eigenvalue weighted by atomic mass is 9.74. The molecule has 5 nitrogen and oxygen atoms in total. The number of carbonyl (C=O) groups is 1. The highest BCUT2D eigenvalue weighted by Gasteiger charge is 2.48. The molecule has 1 fully saturated rings. The molecule has 2 aromatic rings. The number of amides is 1. The van der Waals surface area contributed by atoms with Crippen LogP contribution in [0.25, 0.3) is 0 Å². The van der Waals surface area contributed by atoms with Crippen LogP contribution in [-0.2, 0) is 10.2 Å². The highest BCUT2D eigenvalue weighted by atomic mass is 16.2. The Morgan fingerprint density at radius 3 is 2.78 bits per heavy atom. The van der Waals surface area contributed by atoms with Gasteiger partial charge in [-0.15, -0.1) is 0 Å². The van der Waals surface area contributed by atoms with Gasteiger partial charge >= 0.3 is 0 Å². The van der Waals surface area contributed by atoms with E-state index in [4.69, 9.17) is 5.73 Å². The van der Waals surface area contributed by atoms with Crippen molar-refractivity contribution in [3.63, 3.8) is 0 Å². The molecule has 5 heteroatoms. The molecule has 2 aliphatic rings. The summed E-state index contributed by atoms with van der Waals surface area (Å²) < 4.78 is 0. The summed E-state index contributed by atoms with van der Waals surface area (Å²) in [5.41, 5.74) is 9.63. The Morgan fingerprint density at radius 2 is 2.04 bits per heavy atom. The molecule has 1 spiro atoms. The predicted molar refractivity (Wildman–Crippen MR) is 91.6 cm³/mol. The van der Waals surface area contributed by atoms with Gasteiger partial charge in [0.2, 0.25) is 5.91 Å². The number of anilines is 3. The molecule has 1 aromatic heterocycles. The topological polar surface area (TPSA) is 71.2 Å². The van der Waals surface area contributed by atoms with Gasteiger partial charge in [-0.25, -0.2) is 4.98 Å². The smallest absolute Gasteiger partial charge is 0.236 e. The number of aryl methyl sites for hydroxylation is 1. The second kappa shape index (κ2) is 4.98. The number of hydrogen-bond donors (Lipinski definition) is 2. The molecule has 118 valence electrons. The van der Waals surface area contributed by atoms with E-state index in [1.807, 2.05) is 25.1 Å². The number of piperidine rings is 1. The lowest BCUT2D eigenvalue weighted by Crippen LogP contribution is -2.46. The maximum Gasteiger partial charge on any atom is 0.236 e. The van der Waals surface area contributed by atoms with Crippen LogP contribution >= 0.6 is 0 Å². The molecular weight excluding hydrogens is 288 g/mol. The summed E-state index contributed by atoms with van der Waals surface area (Å²) >= 11 is 0. The van der Waals surface area contributed by atoms with Crippen molar-refractivity contribution in [2.75, 3.05) is 29.0 Å². The van der Waals surface area contributed by atoms with Gasteiger partial charge in [0, 0.05) is 36.2 Å². The molecule has 1 amide bonds. The van der Waals surface area contributed by atoms with Crippen molar-refractivity contribution in [2.24, 2.45) is 0 Å². The van der Waals surface area contributed by atoms with E-state index in [9.17, 15) is 4.79 Å². The van der Waals surface area contributed by atoms with Crippen LogP contribution in [0.3, 0.4) is 0 Å². The van der Waals surface area contributed by atoms with Crippen molar-refractivity contribution in [1.29, 1.82) is 0 Å². The summed E-state index contributed by atoms with van der Waals surface area (Å²) in [6.07, 6.45) is 3.34. The van der Waals surface area contributed by atoms with E-state index < -0.39 is 5.41 Å². The first-order chi connectivity index (χ1) is 11.1. The Labute approximate surface area is 135 Å². The third kappa shape index (κ3) is 2.07. The third-order valence-corrected chi connectivity index (χ3v) is 5.23. The third-order valence-electron chi connectivity index (χ3n) is 5.23. The van der Waals surface area contributed by atoms with E-state index in [-0.39, 0.29) is 5.91 Å². The first-order valence-electron chi connectivity index (χ1n) is 7.98. The summed E-state index contributed by atoms with van der Waals surface area (Å²) in [5, 5.41) is 2.94. The number of fused-ring (bicyclic) bond motifs is 2. The average Bonchev–Trinajstić information content (AvgIpc) is 2.83. The number of nitrogen functional groups attached to an aromatic ring is 1. The van der Waals surface area contributed by atoms with E-state index in [1.165, 1.54) is 5.69 Å². The van der Waals surface area contributed by atoms with Gasteiger partial charge in [0.1, 0.15) is 5.82 Å². The van der Waals surface area contributed by atoms with Crippen LogP contribution in [0.2, 0.25) is 0 Å². The van der Waals surface area contributed by atoms with Crippen LogP contribution in [0.5, 0.6) is 0 Å². The first-order valence-corrected chi connectivity index (χ1v) is 7.98. The number of aromatic nitrogens is 1. The number of hydrogen-bond acceptors (Lipinski definition) is 4. The molecule has 3 N–H and O–H groups in total. The Hall–Kier alpha value is -2.56. The fraction of sp³-hybridized carbons (Fsp3) is 0.333. The maximum absolute atomic E-state index is 12.6. The number of benzene rings is 1. The van der Waals surface area contributed by atoms with Crippen LogP contribution in [-0.4, -0.2) is 24.0 Å². The minimum absolute atomic E-state index is 0.0966. The molecule has 4 rings (SSSR count). The van der Waals surface area contributed by atoms with Gasteiger partial charge in [0.05, 0.1) is 5.41 Å². The van der Waals surface area contributed by atoms with E-state index in [0.717, 1.165) is 48.6 Å². The van der Waals surface area contributed by atoms with Crippen LogP contribution in [0.1, 0.15) is 24.0 Å². The minimum Gasteiger partial charge on any atom is -0.399 e. The monoisotopic (exact) mass is 308 g/mol. The Kier molecular flexibility index (Phi) is 3.04. The van der Waals surface area contributed by atoms with Crippen molar-refractivity contribution in [2.45, 2.75) is 25.2 Å². The average molecular weight is 308 g/mol. The van der Waals surface area contributed by atoms with Gasteiger partial charge in [-0.05, 0) is 49.6 Å². The quantitative estimate of drug-likeness (QED) is 0.794. The van der Waals surface area contributed by atoms with Crippen molar-refractivity contribution in [3.05, 3.63) is 47.7 Å². The number of pyridine rings is 1. The van der Waals surface area contributed by atoms with Crippen LogP contribution < -0.4 is 16.0 Å². The number of nitrogens with two attached hydrogens (primary N) is 1. The summed E-state index contributed by atoms with van der Waals surface area (Å²) in [4.78, 5) is 19.2. The lowest BCUT2D eigenvalue weighted by Gasteiger charge is -2.39. The van der Waals surface area contributed by atoms with Gasteiger partial charge in [-0.2, -0.15) is 0 Å². The van der Waals surface area contributed by atoms with Gasteiger partial charge in [-0.3, -0.25) is 4.79 Å². The molecule has 0 atom stereocenters. The Morgan fingerprint density at radius 1 is 1.26 bits per heavy atom. The van der Waals surface area contributed by atoms with E-state index in [0.29, 0.717) is 0 Å².